The van der Waals surface area contributed by atoms with E-state index in [-0.39, 0.29) is 5.56 Å². The molecule has 0 unspecified atom stereocenters. The molecule has 0 spiro atoms. The number of amides is 1. The van der Waals surface area contributed by atoms with Crippen molar-refractivity contribution in [2.75, 3.05) is 26.7 Å². The lowest BCUT2D eigenvalue weighted by Crippen LogP contribution is -2.28. The van der Waals surface area contributed by atoms with Crippen LogP contribution in [0.25, 0.3) is 0 Å². The Morgan fingerprint density at radius 3 is 2.78 bits per heavy atom. The largest absolute Gasteiger partial charge is 0.497 e. The Hall–Kier alpha value is -1.62. The van der Waals surface area contributed by atoms with E-state index in [0.29, 0.717) is 12.3 Å². The summed E-state index contributed by atoms with van der Waals surface area (Å²) in [4.78, 5) is 11.7. The van der Waals surface area contributed by atoms with Gasteiger partial charge in [-0.1, -0.05) is 6.92 Å². The Labute approximate surface area is 107 Å². The molecule has 0 saturated carbocycles. The van der Waals surface area contributed by atoms with E-state index < -0.39 is 11.7 Å². The molecule has 0 saturated heterocycles. The van der Waals surface area contributed by atoms with E-state index in [1.807, 2.05) is 6.92 Å². The van der Waals surface area contributed by atoms with Gasteiger partial charge in [-0.05, 0) is 31.6 Å². The fourth-order valence-corrected chi connectivity index (χ4v) is 1.49. The lowest BCUT2D eigenvalue weighted by molar-refractivity contribution is 0.0949. The van der Waals surface area contributed by atoms with Crippen molar-refractivity contribution >= 4 is 5.91 Å². The molecule has 0 atom stereocenters. The molecule has 5 heteroatoms. The first-order chi connectivity index (χ1) is 8.69. The van der Waals surface area contributed by atoms with Gasteiger partial charge < -0.3 is 15.4 Å². The van der Waals surface area contributed by atoms with Crippen LogP contribution in [0.2, 0.25) is 0 Å². The van der Waals surface area contributed by atoms with Gasteiger partial charge >= 0.3 is 0 Å². The number of carbonyl (C=O) groups is 1. The number of benzene rings is 1. The summed E-state index contributed by atoms with van der Waals surface area (Å²) in [6, 6.07) is 4.19. The summed E-state index contributed by atoms with van der Waals surface area (Å²) in [7, 11) is 1.45. The molecule has 0 aliphatic carbocycles. The predicted octanol–water partition coefficient (Wildman–Crippen LogP) is 1.56. The summed E-state index contributed by atoms with van der Waals surface area (Å²) >= 11 is 0. The Kier molecular flexibility index (Phi) is 6.14. The molecule has 100 valence electrons. The van der Waals surface area contributed by atoms with Gasteiger partial charge in [0.1, 0.15) is 11.6 Å². The Balaban J connectivity index is 2.46. The highest BCUT2D eigenvalue weighted by molar-refractivity contribution is 5.94. The van der Waals surface area contributed by atoms with Gasteiger partial charge in [0.15, 0.2) is 0 Å². The number of methoxy groups -OCH3 is 1. The summed E-state index contributed by atoms with van der Waals surface area (Å²) in [5.41, 5.74) is 0.0410. The van der Waals surface area contributed by atoms with Crippen LogP contribution in [0.15, 0.2) is 18.2 Å². The number of hydrogen-bond acceptors (Lipinski definition) is 3. The van der Waals surface area contributed by atoms with Gasteiger partial charge in [0.2, 0.25) is 0 Å². The number of carbonyl (C=O) groups excluding carboxylic acids is 1. The second-order valence-electron chi connectivity index (χ2n) is 3.81. The zero-order chi connectivity index (χ0) is 13.4. The van der Waals surface area contributed by atoms with Crippen LogP contribution < -0.4 is 15.4 Å². The van der Waals surface area contributed by atoms with E-state index in [9.17, 15) is 9.18 Å². The molecule has 1 amide bonds. The van der Waals surface area contributed by atoms with Gasteiger partial charge in [0, 0.05) is 12.6 Å². The Morgan fingerprint density at radius 1 is 1.39 bits per heavy atom. The average molecular weight is 254 g/mol. The summed E-state index contributed by atoms with van der Waals surface area (Å²) in [5.74, 6) is -0.568. The molecule has 4 nitrogen and oxygen atoms in total. The third-order valence-electron chi connectivity index (χ3n) is 2.49. The first kappa shape index (κ1) is 14.4. The second-order valence-corrected chi connectivity index (χ2v) is 3.81. The molecule has 1 rings (SSSR count). The van der Waals surface area contributed by atoms with Crippen LogP contribution in [-0.2, 0) is 0 Å². The van der Waals surface area contributed by atoms with Gasteiger partial charge in [0.05, 0.1) is 12.7 Å². The van der Waals surface area contributed by atoms with Crippen molar-refractivity contribution in [3.63, 3.8) is 0 Å². The van der Waals surface area contributed by atoms with Crippen LogP contribution in [0, 0.1) is 5.82 Å². The van der Waals surface area contributed by atoms with Crippen molar-refractivity contribution in [1.82, 2.24) is 10.6 Å². The van der Waals surface area contributed by atoms with Crippen molar-refractivity contribution < 1.29 is 13.9 Å². The number of ether oxygens (including phenoxy) is 1. The maximum atomic E-state index is 13.6. The summed E-state index contributed by atoms with van der Waals surface area (Å²) in [6.45, 7) is 4.28. The Bertz CT molecular complexity index is 397. The third kappa shape index (κ3) is 4.33. The van der Waals surface area contributed by atoms with Gasteiger partial charge in [0.25, 0.3) is 5.91 Å². The molecular weight excluding hydrogens is 235 g/mol. The fraction of sp³-hybridized carbons (Fsp3) is 0.462. The smallest absolute Gasteiger partial charge is 0.254 e. The van der Waals surface area contributed by atoms with Crippen LogP contribution in [0.1, 0.15) is 23.7 Å². The van der Waals surface area contributed by atoms with Crippen LogP contribution in [0.5, 0.6) is 5.75 Å². The van der Waals surface area contributed by atoms with Crippen LogP contribution >= 0.6 is 0 Å². The van der Waals surface area contributed by atoms with E-state index in [2.05, 4.69) is 10.6 Å². The zero-order valence-corrected chi connectivity index (χ0v) is 10.8. The van der Waals surface area contributed by atoms with Gasteiger partial charge in [-0.25, -0.2) is 4.39 Å². The van der Waals surface area contributed by atoms with Crippen molar-refractivity contribution in [2.45, 2.75) is 13.3 Å². The van der Waals surface area contributed by atoms with Crippen molar-refractivity contribution in [2.24, 2.45) is 0 Å². The lowest BCUT2D eigenvalue weighted by Gasteiger charge is -2.07. The van der Waals surface area contributed by atoms with Crippen molar-refractivity contribution in [3.05, 3.63) is 29.6 Å². The van der Waals surface area contributed by atoms with Gasteiger partial charge in [-0.3, -0.25) is 4.79 Å². The van der Waals surface area contributed by atoms with E-state index in [0.717, 1.165) is 19.5 Å². The monoisotopic (exact) mass is 254 g/mol. The van der Waals surface area contributed by atoms with E-state index in [1.54, 1.807) is 6.07 Å². The fourth-order valence-electron chi connectivity index (χ4n) is 1.49. The first-order valence-corrected chi connectivity index (χ1v) is 6.01. The number of rotatable bonds is 7. The average Bonchev–Trinajstić information content (AvgIpc) is 2.38. The molecule has 1 aromatic carbocycles. The molecule has 0 aliphatic rings. The molecule has 2 N–H and O–H groups in total. The van der Waals surface area contributed by atoms with Crippen LogP contribution in [-0.4, -0.2) is 32.7 Å². The minimum atomic E-state index is -0.571. The topological polar surface area (TPSA) is 50.4 Å². The predicted molar refractivity (Wildman–Crippen MR) is 68.4 cm³/mol. The standard InChI is InChI=1S/C13H19FN2O2/c1-3-15-7-4-8-16-13(17)11-6-5-10(18-2)9-12(11)14/h5-6,9,15H,3-4,7-8H2,1-2H3,(H,16,17). The quantitative estimate of drug-likeness (QED) is 0.726. The van der Waals surface area contributed by atoms with E-state index >= 15 is 0 Å². The highest BCUT2D eigenvalue weighted by Gasteiger charge is 2.11. The lowest BCUT2D eigenvalue weighted by atomic mass is 10.2. The maximum absolute atomic E-state index is 13.6. The SMILES string of the molecule is CCNCCCNC(=O)c1ccc(OC)cc1F. The van der Waals surface area contributed by atoms with Gasteiger partial charge in [-0.15, -0.1) is 0 Å². The summed E-state index contributed by atoms with van der Waals surface area (Å²) in [6.07, 6.45) is 0.817. The third-order valence-corrected chi connectivity index (χ3v) is 2.49. The summed E-state index contributed by atoms with van der Waals surface area (Å²) < 4.78 is 18.4. The molecule has 0 bridgehead atoms. The van der Waals surface area contributed by atoms with Crippen LogP contribution in [0.3, 0.4) is 0 Å². The summed E-state index contributed by atoms with van der Waals surface area (Å²) in [5, 5.41) is 5.82. The molecule has 0 aliphatic heterocycles. The molecule has 0 radical (unpaired) electrons. The number of nitrogens with one attached hydrogen (secondary N) is 2. The molecule has 0 heterocycles. The normalized spacial score (nSPS) is 10.2. The van der Waals surface area contributed by atoms with E-state index in [4.69, 9.17) is 4.74 Å². The molecular formula is C13H19FN2O2. The van der Waals surface area contributed by atoms with Crippen molar-refractivity contribution in [3.8, 4) is 5.75 Å². The van der Waals surface area contributed by atoms with Crippen molar-refractivity contribution in [1.29, 1.82) is 0 Å². The van der Waals surface area contributed by atoms with Gasteiger partial charge in [-0.2, -0.15) is 0 Å². The van der Waals surface area contributed by atoms with Crippen LogP contribution in [0.4, 0.5) is 4.39 Å². The number of hydrogen-bond donors (Lipinski definition) is 2. The number of halogens is 1. The Morgan fingerprint density at radius 2 is 2.17 bits per heavy atom. The molecule has 18 heavy (non-hydrogen) atoms. The minimum Gasteiger partial charge on any atom is -0.497 e. The highest BCUT2D eigenvalue weighted by atomic mass is 19.1. The second kappa shape index (κ2) is 7.66. The molecule has 1 aromatic rings. The minimum absolute atomic E-state index is 0.0410. The molecule has 0 aromatic heterocycles. The maximum Gasteiger partial charge on any atom is 0.254 e. The highest BCUT2D eigenvalue weighted by Crippen LogP contribution is 2.15. The molecule has 0 fully saturated rings. The first-order valence-electron chi connectivity index (χ1n) is 6.01. The zero-order valence-electron chi connectivity index (χ0n) is 10.8. The van der Waals surface area contributed by atoms with E-state index in [1.165, 1.54) is 19.2 Å².